The first-order chi connectivity index (χ1) is 8.90. The van der Waals surface area contributed by atoms with Gasteiger partial charge in [0.05, 0.1) is 6.42 Å². The summed E-state index contributed by atoms with van der Waals surface area (Å²) in [5.41, 5.74) is 0. The molecule has 1 saturated heterocycles. The number of carboxylic acid groups (broad SMARTS) is 2. The van der Waals surface area contributed by atoms with Crippen molar-refractivity contribution < 1.29 is 29.4 Å². The molecule has 1 unspecified atom stereocenters. The highest BCUT2D eigenvalue weighted by atomic mass is 16.4. The number of rotatable bonds is 4. The Morgan fingerprint density at radius 3 is 2.58 bits per heavy atom. The molecule has 106 valence electrons. The predicted octanol–water partition coefficient (Wildman–Crippen LogP) is -1.55. The van der Waals surface area contributed by atoms with Gasteiger partial charge in [0.2, 0.25) is 5.91 Å². The van der Waals surface area contributed by atoms with Gasteiger partial charge in [-0.2, -0.15) is 0 Å². The van der Waals surface area contributed by atoms with Crippen molar-refractivity contribution in [1.82, 2.24) is 15.5 Å². The second kappa shape index (κ2) is 6.57. The largest absolute Gasteiger partial charge is 0.481 e. The van der Waals surface area contributed by atoms with Gasteiger partial charge >= 0.3 is 18.0 Å². The lowest BCUT2D eigenvalue weighted by atomic mass is 10.2. The van der Waals surface area contributed by atoms with E-state index < -0.39 is 30.4 Å². The van der Waals surface area contributed by atoms with Gasteiger partial charge in [-0.15, -0.1) is 0 Å². The number of carbonyl (C=O) groups excluding carboxylic acids is 2. The van der Waals surface area contributed by atoms with Crippen LogP contribution in [0.3, 0.4) is 0 Å². The van der Waals surface area contributed by atoms with Crippen molar-refractivity contribution in [3.05, 3.63) is 0 Å². The van der Waals surface area contributed by atoms with E-state index in [2.05, 4.69) is 10.6 Å². The molecule has 0 radical (unpaired) electrons. The maximum Gasteiger partial charge on any atom is 0.326 e. The SMILES string of the molecule is O=C(O)CC(NC(=O)N1CCNC(=O)CC1)C(=O)O. The minimum absolute atomic E-state index is 0.129. The molecule has 1 rings (SSSR count). The summed E-state index contributed by atoms with van der Waals surface area (Å²) in [4.78, 5) is 45.4. The number of hydrogen-bond acceptors (Lipinski definition) is 4. The lowest BCUT2D eigenvalue weighted by Crippen LogP contribution is -2.49. The second-order valence-corrected chi connectivity index (χ2v) is 4.03. The Bertz CT molecular complexity index is 397. The summed E-state index contributed by atoms with van der Waals surface area (Å²) < 4.78 is 0. The Balaban J connectivity index is 2.58. The third-order valence-corrected chi connectivity index (χ3v) is 2.57. The van der Waals surface area contributed by atoms with Crippen LogP contribution in [0.4, 0.5) is 4.79 Å². The van der Waals surface area contributed by atoms with Gasteiger partial charge in [0.15, 0.2) is 0 Å². The van der Waals surface area contributed by atoms with E-state index in [-0.39, 0.29) is 32.0 Å². The van der Waals surface area contributed by atoms with E-state index in [0.29, 0.717) is 0 Å². The minimum atomic E-state index is -1.49. The topological polar surface area (TPSA) is 136 Å². The molecule has 4 N–H and O–H groups in total. The van der Waals surface area contributed by atoms with Crippen LogP contribution in [0.5, 0.6) is 0 Å². The summed E-state index contributed by atoms with van der Waals surface area (Å²) in [5.74, 6) is -2.92. The van der Waals surface area contributed by atoms with Gasteiger partial charge in [-0.3, -0.25) is 9.59 Å². The van der Waals surface area contributed by atoms with E-state index >= 15 is 0 Å². The summed E-state index contributed by atoms with van der Waals surface area (Å²) >= 11 is 0. The molecule has 0 spiro atoms. The van der Waals surface area contributed by atoms with E-state index in [9.17, 15) is 19.2 Å². The number of amides is 3. The normalized spacial score (nSPS) is 17.1. The highest BCUT2D eigenvalue weighted by Crippen LogP contribution is 2.00. The molecule has 0 aliphatic carbocycles. The lowest BCUT2D eigenvalue weighted by molar-refractivity contribution is -0.145. The fraction of sp³-hybridized carbons (Fsp3) is 0.600. The highest BCUT2D eigenvalue weighted by Gasteiger charge is 2.26. The van der Waals surface area contributed by atoms with Crippen LogP contribution in [-0.2, 0) is 14.4 Å². The molecule has 19 heavy (non-hydrogen) atoms. The molecule has 0 aromatic rings. The van der Waals surface area contributed by atoms with Crippen LogP contribution in [-0.4, -0.2) is 64.7 Å². The molecule has 1 fully saturated rings. The lowest BCUT2D eigenvalue weighted by Gasteiger charge is -2.22. The van der Waals surface area contributed by atoms with Gasteiger partial charge < -0.3 is 25.7 Å². The Morgan fingerprint density at radius 2 is 2.00 bits per heavy atom. The zero-order valence-corrected chi connectivity index (χ0v) is 10.1. The molecule has 1 heterocycles. The first-order valence-corrected chi connectivity index (χ1v) is 5.67. The fourth-order valence-electron chi connectivity index (χ4n) is 1.59. The first-order valence-electron chi connectivity index (χ1n) is 5.67. The first kappa shape index (κ1) is 14.7. The number of nitrogens with zero attached hydrogens (tertiary/aromatic N) is 1. The molecule has 0 saturated carbocycles. The van der Waals surface area contributed by atoms with Crippen LogP contribution >= 0.6 is 0 Å². The number of carbonyl (C=O) groups is 4. The molecular formula is C10H15N3O6. The van der Waals surface area contributed by atoms with Crippen LogP contribution in [0.2, 0.25) is 0 Å². The quantitative estimate of drug-likeness (QED) is 0.489. The van der Waals surface area contributed by atoms with E-state index in [1.807, 2.05) is 0 Å². The van der Waals surface area contributed by atoms with Gasteiger partial charge in [-0.1, -0.05) is 0 Å². The number of carboxylic acids is 2. The number of nitrogens with one attached hydrogen (secondary N) is 2. The number of urea groups is 1. The van der Waals surface area contributed by atoms with Gasteiger partial charge in [0, 0.05) is 26.1 Å². The van der Waals surface area contributed by atoms with Crippen molar-refractivity contribution in [2.45, 2.75) is 18.9 Å². The molecule has 9 nitrogen and oxygen atoms in total. The zero-order chi connectivity index (χ0) is 14.4. The summed E-state index contributed by atoms with van der Waals surface area (Å²) in [7, 11) is 0. The maximum atomic E-state index is 11.8. The third-order valence-electron chi connectivity index (χ3n) is 2.57. The van der Waals surface area contributed by atoms with Crippen molar-refractivity contribution in [2.75, 3.05) is 19.6 Å². The Hall–Kier alpha value is -2.32. The average molecular weight is 273 g/mol. The molecule has 0 aromatic carbocycles. The van der Waals surface area contributed by atoms with Crippen molar-refractivity contribution in [3.63, 3.8) is 0 Å². The summed E-state index contributed by atoms with van der Waals surface area (Å²) in [6.07, 6.45) is -0.573. The smallest absolute Gasteiger partial charge is 0.326 e. The Morgan fingerprint density at radius 1 is 1.32 bits per heavy atom. The van der Waals surface area contributed by atoms with Crippen LogP contribution in [0.25, 0.3) is 0 Å². The molecule has 3 amide bonds. The van der Waals surface area contributed by atoms with Crippen LogP contribution in [0, 0.1) is 0 Å². The van der Waals surface area contributed by atoms with Crippen molar-refractivity contribution in [2.24, 2.45) is 0 Å². The summed E-state index contributed by atoms with van der Waals surface area (Å²) in [5, 5.41) is 22.1. The molecule has 1 aliphatic heterocycles. The van der Waals surface area contributed by atoms with Gasteiger partial charge in [0.25, 0.3) is 0 Å². The highest BCUT2D eigenvalue weighted by molar-refractivity contribution is 5.86. The molecule has 1 aliphatic rings. The van der Waals surface area contributed by atoms with Gasteiger partial charge in [-0.05, 0) is 0 Å². The molecule has 0 bridgehead atoms. The number of aliphatic carboxylic acids is 2. The third kappa shape index (κ3) is 4.82. The summed E-state index contributed by atoms with van der Waals surface area (Å²) in [6, 6.07) is -2.18. The van der Waals surface area contributed by atoms with Crippen molar-refractivity contribution in [3.8, 4) is 0 Å². The molecule has 0 aromatic heterocycles. The number of hydrogen-bond donors (Lipinski definition) is 4. The molecule has 9 heteroatoms. The van der Waals surface area contributed by atoms with Gasteiger partial charge in [-0.25, -0.2) is 9.59 Å². The van der Waals surface area contributed by atoms with Crippen LogP contribution in [0.15, 0.2) is 0 Å². The molecule has 1 atom stereocenters. The average Bonchev–Trinajstić information content (AvgIpc) is 2.52. The molecular weight excluding hydrogens is 258 g/mol. The Kier molecular flexibility index (Phi) is 5.10. The Labute approximate surface area is 108 Å². The zero-order valence-electron chi connectivity index (χ0n) is 10.1. The maximum absolute atomic E-state index is 11.8. The van der Waals surface area contributed by atoms with E-state index in [1.54, 1.807) is 0 Å². The standard InChI is InChI=1S/C10H15N3O6/c14-7-1-3-13(4-2-11-7)10(19)12-6(9(17)18)5-8(15)16/h6H,1-5H2,(H,11,14)(H,12,19)(H,15,16)(H,17,18). The van der Waals surface area contributed by atoms with Crippen LogP contribution < -0.4 is 10.6 Å². The van der Waals surface area contributed by atoms with Crippen molar-refractivity contribution >= 4 is 23.9 Å². The fourth-order valence-corrected chi connectivity index (χ4v) is 1.59. The van der Waals surface area contributed by atoms with E-state index in [1.165, 1.54) is 4.90 Å². The second-order valence-electron chi connectivity index (χ2n) is 4.03. The predicted molar refractivity (Wildman–Crippen MR) is 61.4 cm³/mol. The van der Waals surface area contributed by atoms with E-state index in [4.69, 9.17) is 10.2 Å². The van der Waals surface area contributed by atoms with Crippen LogP contribution in [0.1, 0.15) is 12.8 Å². The van der Waals surface area contributed by atoms with Gasteiger partial charge in [0.1, 0.15) is 6.04 Å². The van der Waals surface area contributed by atoms with Crippen molar-refractivity contribution in [1.29, 1.82) is 0 Å². The summed E-state index contributed by atoms with van der Waals surface area (Å²) in [6.45, 7) is 0.691. The monoisotopic (exact) mass is 273 g/mol. The minimum Gasteiger partial charge on any atom is -0.481 e. The van der Waals surface area contributed by atoms with E-state index in [0.717, 1.165) is 0 Å².